The zero-order valence-corrected chi connectivity index (χ0v) is 15.5. The van der Waals surface area contributed by atoms with Gasteiger partial charge in [-0.1, -0.05) is 40.9 Å². The number of carbonyl (C=O) groups excluding carboxylic acids is 2. The topological polar surface area (TPSA) is 40.6 Å². The average Bonchev–Trinajstić information content (AvgIpc) is 2.57. The number of benzene rings is 2. The van der Waals surface area contributed by atoms with Gasteiger partial charge in [-0.3, -0.25) is 9.59 Å². The third-order valence-corrected chi connectivity index (χ3v) is 4.92. The minimum absolute atomic E-state index is 0.133. The first-order valence-electron chi connectivity index (χ1n) is 8.02. The molecule has 4 nitrogen and oxygen atoms in total. The van der Waals surface area contributed by atoms with Crippen LogP contribution in [0.2, 0.25) is 10.0 Å². The van der Waals surface area contributed by atoms with Gasteiger partial charge in [0.05, 0.1) is 10.7 Å². The Morgan fingerprint density at radius 3 is 2.56 bits per heavy atom. The number of anilines is 1. The maximum Gasteiger partial charge on any atom is 0.254 e. The van der Waals surface area contributed by atoms with E-state index in [1.54, 1.807) is 41.0 Å². The van der Waals surface area contributed by atoms with Gasteiger partial charge in [-0.2, -0.15) is 0 Å². The maximum absolute atomic E-state index is 12.8. The molecule has 6 heteroatoms. The highest BCUT2D eigenvalue weighted by Gasteiger charge is 2.36. The molecular formula is C19H18Cl2N2O2. The lowest BCUT2D eigenvalue weighted by molar-refractivity contribution is -0.124. The Morgan fingerprint density at radius 2 is 1.88 bits per heavy atom. The van der Waals surface area contributed by atoms with Crippen molar-refractivity contribution in [2.45, 2.75) is 19.9 Å². The third kappa shape index (κ3) is 3.51. The Hall–Kier alpha value is -2.04. The van der Waals surface area contributed by atoms with Crippen LogP contribution in [0.5, 0.6) is 0 Å². The van der Waals surface area contributed by atoms with Crippen LogP contribution in [0.4, 0.5) is 5.69 Å². The van der Waals surface area contributed by atoms with Gasteiger partial charge in [-0.05, 0) is 44.2 Å². The van der Waals surface area contributed by atoms with Gasteiger partial charge in [0, 0.05) is 23.7 Å². The van der Waals surface area contributed by atoms with E-state index in [1.165, 1.54) is 0 Å². The highest BCUT2D eigenvalue weighted by atomic mass is 35.5. The van der Waals surface area contributed by atoms with Crippen LogP contribution in [0.25, 0.3) is 0 Å². The molecule has 2 amide bonds. The molecule has 3 rings (SSSR count). The quantitative estimate of drug-likeness (QED) is 0.788. The molecule has 0 N–H and O–H groups in total. The number of piperazine rings is 1. The van der Waals surface area contributed by atoms with Crippen LogP contribution in [-0.4, -0.2) is 35.8 Å². The second-order valence-electron chi connectivity index (χ2n) is 6.13. The summed E-state index contributed by atoms with van der Waals surface area (Å²) in [5, 5.41) is 0.939. The summed E-state index contributed by atoms with van der Waals surface area (Å²) in [5.41, 5.74) is 2.22. The molecule has 25 heavy (non-hydrogen) atoms. The summed E-state index contributed by atoms with van der Waals surface area (Å²) in [7, 11) is 0. The Labute approximate surface area is 156 Å². The second kappa shape index (κ2) is 7.06. The molecule has 1 fully saturated rings. The Balaban J connectivity index is 1.83. The molecule has 130 valence electrons. The van der Waals surface area contributed by atoms with Gasteiger partial charge in [0.25, 0.3) is 5.91 Å². The van der Waals surface area contributed by atoms with E-state index in [9.17, 15) is 9.59 Å². The summed E-state index contributed by atoms with van der Waals surface area (Å²) in [5.74, 6) is -0.289. The summed E-state index contributed by atoms with van der Waals surface area (Å²) in [6.45, 7) is 4.51. The Bertz CT molecular complexity index is 838. The number of amides is 2. The number of aryl methyl sites for hydroxylation is 1. The third-order valence-electron chi connectivity index (χ3n) is 4.38. The molecule has 0 saturated carbocycles. The second-order valence-corrected chi connectivity index (χ2v) is 6.97. The zero-order valence-electron chi connectivity index (χ0n) is 14.0. The van der Waals surface area contributed by atoms with Crippen LogP contribution in [0, 0.1) is 6.92 Å². The highest BCUT2D eigenvalue weighted by molar-refractivity contribution is 6.36. The molecule has 1 saturated heterocycles. The molecule has 1 atom stereocenters. The number of hydrogen-bond donors (Lipinski definition) is 0. The van der Waals surface area contributed by atoms with E-state index >= 15 is 0 Å². The SMILES string of the molecule is Cc1cccc(C(=O)N2CCN(c3ccc(Cl)cc3Cl)C(=O)C2C)c1. The van der Waals surface area contributed by atoms with Gasteiger partial charge in [-0.25, -0.2) is 0 Å². The van der Waals surface area contributed by atoms with Crippen molar-refractivity contribution in [2.24, 2.45) is 0 Å². The van der Waals surface area contributed by atoms with Crippen LogP contribution in [0.3, 0.4) is 0 Å². The number of nitrogens with zero attached hydrogens (tertiary/aromatic N) is 2. The monoisotopic (exact) mass is 376 g/mol. The minimum Gasteiger partial charge on any atom is -0.325 e. The van der Waals surface area contributed by atoms with Crippen molar-refractivity contribution in [3.63, 3.8) is 0 Å². The van der Waals surface area contributed by atoms with Crippen molar-refractivity contribution in [1.29, 1.82) is 0 Å². The molecule has 0 aromatic heterocycles. The Morgan fingerprint density at radius 1 is 1.12 bits per heavy atom. The number of halogens is 2. The summed E-state index contributed by atoms with van der Waals surface area (Å²) in [6.07, 6.45) is 0. The number of hydrogen-bond acceptors (Lipinski definition) is 2. The molecule has 1 unspecified atom stereocenters. The summed E-state index contributed by atoms with van der Waals surface area (Å²) in [6, 6.07) is 11.9. The van der Waals surface area contributed by atoms with Crippen LogP contribution in [0.15, 0.2) is 42.5 Å². The molecule has 0 bridgehead atoms. The highest BCUT2D eigenvalue weighted by Crippen LogP contribution is 2.31. The van der Waals surface area contributed by atoms with Gasteiger partial charge in [0.15, 0.2) is 0 Å². The fraction of sp³-hybridized carbons (Fsp3) is 0.263. The molecule has 0 radical (unpaired) electrons. The van der Waals surface area contributed by atoms with E-state index < -0.39 is 6.04 Å². The van der Waals surface area contributed by atoms with Gasteiger partial charge >= 0.3 is 0 Å². The summed E-state index contributed by atoms with van der Waals surface area (Å²) in [4.78, 5) is 28.8. The predicted octanol–water partition coefficient (Wildman–Crippen LogP) is 4.18. The first-order valence-corrected chi connectivity index (χ1v) is 8.78. The molecule has 0 aliphatic carbocycles. The van der Waals surface area contributed by atoms with Crippen molar-refractivity contribution in [1.82, 2.24) is 4.90 Å². The minimum atomic E-state index is -0.562. The van der Waals surface area contributed by atoms with Crippen LogP contribution >= 0.6 is 23.2 Å². The van der Waals surface area contributed by atoms with Gasteiger partial charge < -0.3 is 9.80 Å². The molecule has 1 aliphatic rings. The molecule has 0 spiro atoms. The van der Waals surface area contributed by atoms with Crippen molar-refractivity contribution < 1.29 is 9.59 Å². The predicted molar refractivity (Wildman–Crippen MR) is 100 cm³/mol. The summed E-state index contributed by atoms with van der Waals surface area (Å²) < 4.78 is 0. The van der Waals surface area contributed by atoms with Gasteiger partial charge in [0.1, 0.15) is 6.04 Å². The van der Waals surface area contributed by atoms with E-state index in [-0.39, 0.29) is 11.8 Å². The lowest BCUT2D eigenvalue weighted by Crippen LogP contribution is -2.57. The van der Waals surface area contributed by atoms with Crippen molar-refractivity contribution in [2.75, 3.05) is 18.0 Å². The smallest absolute Gasteiger partial charge is 0.254 e. The number of rotatable bonds is 2. The number of carbonyl (C=O) groups is 2. The normalized spacial score (nSPS) is 17.8. The van der Waals surface area contributed by atoms with E-state index in [0.29, 0.717) is 34.4 Å². The summed E-state index contributed by atoms with van der Waals surface area (Å²) >= 11 is 12.2. The first kappa shape index (κ1) is 17.8. The molecule has 1 heterocycles. The largest absolute Gasteiger partial charge is 0.325 e. The van der Waals surface area contributed by atoms with Crippen molar-refractivity contribution in [3.8, 4) is 0 Å². The molecule has 1 aliphatic heterocycles. The fourth-order valence-electron chi connectivity index (χ4n) is 3.03. The standard InChI is InChI=1S/C19H18Cl2N2O2/c1-12-4-3-5-14(10-12)19(25)22-8-9-23(18(24)13(22)2)17-7-6-15(20)11-16(17)21/h3-7,10-11,13H,8-9H2,1-2H3. The lowest BCUT2D eigenvalue weighted by atomic mass is 10.1. The first-order chi connectivity index (χ1) is 11.9. The molecule has 2 aromatic rings. The van der Waals surface area contributed by atoms with E-state index in [4.69, 9.17) is 23.2 Å². The maximum atomic E-state index is 12.8. The fourth-order valence-corrected chi connectivity index (χ4v) is 3.54. The van der Waals surface area contributed by atoms with E-state index in [2.05, 4.69) is 0 Å². The van der Waals surface area contributed by atoms with Crippen molar-refractivity contribution >= 4 is 40.7 Å². The molecule has 2 aromatic carbocycles. The molecular weight excluding hydrogens is 359 g/mol. The van der Waals surface area contributed by atoms with Gasteiger partial charge in [0.2, 0.25) is 5.91 Å². The lowest BCUT2D eigenvalue weighted by Gasteiger charge is -2.39. The van der Waals surface area contributed by atoms with Gasteiger partial charge in [-0.15, -0.1) is 0 Å². The zero-order chi connectivity index (χ0) is 18.1. The Kier molecular flexibility index (Phi) is 5.02. The van der Waals surface area contributed by atoms with Crippen LogP contribution in [0.1, 0.15) is 22.8 Å². The van der Waals surface area contributed by atoms with Crippen molar-refractivity contribution in [3.05, 3.63) is 63.6 Å². The van der Waals surface area contributed by atoms with E-state index in [1.807, 2.05) is 25.1 Å². The van der Waals surface area contributed by atoms with E-state index in [0.717, 1.165) is 5.56 Å². The van der Waals surface area contributed by atoms with Crippen LogP contribution in [-0.2, 0) is 4.79 Å². The average molecular weight is 377 g/mol. The van der Waals surface area contributed by atoms with Crippen LogP contribution < -0.4 is 4.90 Å².